The molecule has 0 aromatic heterocycles. The number of ether oxygens (including phenoxy) is 1. The molecule has 0 aliphatic carbocycles. The molecule has 2 aromatic rings. The van der Waals surface area contributed by atoms with E-state index in [4.69, 9.17) is 4.74 Å². The largest absolute Gasteiger partial charge is 0.493 e. The van der Waals surface area contributed by atoms with Crippen LogP contribution in [0.3, 0.4) is 0 Å². The maximum atomic E-state index is 5.53. The van der Waals surface area contributed by atoms with Crippen molar-refractivity contribution in [2.24, 2.45) is 0 Å². The van der Waals surface area contributed by atoms with Crippen molar-refractivity contribution < 1.29 is 4.74 Å². The smallest absolute Gasteiger partial charge is 0.122 e. The van der Waals surface area contributed by atoms with E-state index in [1.54, 1.807) is 0 Å². The minimum atomic E-state index is 0.827. The van der Waals surface area contributed by atoms with Gasteiger partial charge in [-0.2, -0.15) is 0 Å². The zero-order chi connectivity index (χ0) is 13.9. The average Bonchev–Trinajstić information content (AvgIpc) is 2.91. The topological polar surface area (TPSA) is 21.3 Å². The number of hydrogen-bond donors (Lipinski definition) is 1. The number of nitrogens with one attached hydrogen (secondary N) is 1. The molecule has 1 aliphatic heterocycles. The van der Waals surface area contributed by atoms with E-state index in [0.717, 1.165) is 41.9 Å². The van der Waals surface area contributed by atoms with Crippen LogP contribution in [0.5, 0.6) is 5.75 Å². The number of fused-ring (bicyclic) bond motifs is 1. The van der Waals surface area contributed by atoms with Crippen molar-refractivity contribution in [3.05, 3.63) is 57.6 Å². The van der Waals surface area contributed by atoms with Crippen molar-refractivity contribution in [3.8, 4) is 5.75 Å². The van der Waals surface area contributed by atoms with E-state index in [1.807, 2.05) is 0 Å². The van der Waals surface area contributed by atoms with Gasteiger partial charge in [0.1, 0.15) is 5.75 Å². The van der Waals surface area contributed by atoms with Crippen LogP contribution in [0.15, 0.2) is 40.9 Å². The fraction of sp³-hybridized carbons (Fsp3) is 0.294. The maximum Gasteiger partial charge on any atom is 0.122 e. The highest BCUT2D eigenvalue weighted by molar-refractivity contribution is 9.10. The zero-order valence-corrected chi connectivity index (χ0v) is 13.2. The Morgan fingerprint density at radius 3 is 3.05 bits per heavy atom. The van der Waals surface area contributed by atoms with Crippen molar-refractivity contribution in [2.75, 3.05) is 18.5 Å². The predicted molar refractivity (Wildman–Crippen MR) is 86.7 cm³/mol. The summed E-state index contributed by atoms with van der Waals surface area (Å²) in [5, 5.41) is 3.49. The van der Waals surface area contributed by atoms with E-state index in [-0.39, 0.29) is 0 Å². The Hall–Kier alpha value is -1.48. The van der Waals surface area contributed by atoms with Gasteiger partial charge in [0.25, 0.3) is 0 Å². The molecular weight excluding hydrogens is 314 g/mol. The second kappa shape index (κ2) is 5.88. The second-order valence-electron chi connectivity index (χ2n) is 5.15. The average molecular weight is 332 g/mol. The van der Waals surface area contributed by atoms with Crippen LogP contribution in [-0.4, -0.2) is 13.2 Å². The Labute approximate surface area is 128 Å². The van der Waals surface area contributed by atoms with E-state index in [2.05, 4.69) is 64.6 Å². The molecule has 0 saturated carbocycles. The molecule has 2 aromatic carbocycles. The summed E-state index contributed by atoms with van der Waals surface area (Å²) < 4.78 is 6.69. The van der Waals surface area contributed by atoms with Crippen LogP contribution in [0.4, 0.5) is 5.69 Å². The van der Waals surface area contributed by atoms with Gasteiger partial charge in [-0.1, -0.05) is 24.3 Å². The molecule has 1 heterocycles. The van der Waals surface area contributed by atoms with Crippen molar-refractivity contribution in [2.45, 2.75) is 19.8 Å². The first-order chi connectivity index (χ1) is 9.74. The van der Waals surface area contributed by atoms with Gasteiger partial charge >= 0.3 is 0 Å². The summed E-state index contributed by atoms with van der Waals surface area (Å²) in [7, 11) is 0. The molecule has 3 rings (SSSR count). The van der Waals surface area contributed by atoms with Crippen LogP contribution < -0.4 is 10.1 Å². The fourth-order valence-corrected chi connectivity index (χ4v) is 2.93. The SMILES string of the molecule is Cc1cccc(NCCc2ccc3c(c2)CCO3)c1Br. The molecule has 2 nitrogen and oxygen atoms in total. The second-order valence-corrected chi connectivity index (χ2v) is 5.95. The highest BCUT2D eigenvalue weighted by Crippen LogP contribution is 2.27. The molecule has 0 saturated heterocycles. The number of rotatable bonds is 4. The minimum absolute atomic E-state index is 0.827. The predicted octanol–water partition coefficient (Wildman–Crippen LogP) is 4.35. The van der Waals surface area contributed by atoms with E-state index in [1.165, 1.54) is 16.7 Å². The first-order valence-electron chi connectivity index (χ1n) is 6.97. The van der Waals surface area contributed by atoms with Crippen molar-refractivity contribution >= 4 is 21.6 Å². The number of hydrogen-bond acceptors (Lipinski definition) is 2. The van der Waals surface area contributed by atoms with Crippen molar-refractivity contribution in [1.82, 2.24) is 0 Å². The minimum Gasteiger partial charge on any atom is -0.493 e. The lowest BCUT2D eigenvalue weighted by atomic mass is 10.1. The van der Waals surface area contributed by atoms with Gasteiger partial charge in [-0.25, -0.2) is 0 Å². The summed E-state index contributed by atoms with van der Waals surface area (Å²) in [6.45, 7) is 3.87. The summed E-state index contributed by atoms with van der Waals surface area (Å²) in [6, 6.07) is 12.8. The quantitative estimate of drug-likeness (QED) is 0.899. The lowest BCUT2D eigenvalue weighted by Gasteiger charge is -2.10. The summed E-state index contributed by atoms with van der Waals surface area (Å²) in [4.78, 5) is 0. The third-order valence-electron chi connectivity index (χ3n) is 3.67. The summed E-state index contributed by atoms with van der Waals surface area (Å²) in [5.74, 6) is 1.06. The Balaban J connectivity index is 1.61. The molecule has 0 bridgehead atoms. The molecule has 0 unspecified atom stereocenters. The van der Waals surface area contributed by atoms with Gasteiger partial charge in [-0.3, -0.25) is 0 Å². The summed E-state index contributed by atoms with van der Waals surface area (Å²) >= 11 is 3.63. The van der Waals surface area contributed by atoms with E-state index < -0.39 is 0 Å². The molecule has 0 amide bonds. The van der Waals surface area contributed by atoms with Crippen molar-refractivity contribution in [3.63, 3.8) is 0 Å². The molecule has 1 aliphatic rings. The van der Waals surface area contributed by atoms with Gasteiger partial charge in [0, 0.05) is 23.1 Å². The standard InChI is InChI=1S/C17H18BrNO/c1-12-3-2-4-15(17(12)18)19-9-7-13-5-6-16-14(11-13)8-10-20-16/h2-6,11,19H,7-10H2,1H3. The van der Waals surface area contributed by atoms with Crippen molar-refractivity contribution in [1.29, 1.82) is 0 Å². The highest BCUT2D eigenvalue weighted by atomic mass is 79.9. The fourth-order valence-electron chi connectivity index (χ4n) is 2.52. The number of benzene rings is 2. The molecule has 0 atom stereocenters. The van der Waals surface area contributed by atoms with Gasteiger partial charge in [-0.05, 0) is 58.1 Å². The Bertz CT molecular complexity index is 624. The molecule has 20 heavy (non-hydrogen) atoms. The van der Waals surface area contributed by atoms with Gasteiger partial charge in [0.05, 0.1) is 6.61 Å². The monoisotopic (exact) mass is 331 g/mol. The first-order valence-corrected chi connectivity index (χ1v) is 7.77. The Morgan fingerprint density at radius 1 is 1.25 bits per heavy atom. The molecule has 0 fully saturated rings. The van der Waals surface area contributed by atoms with Gasteiger partial charge in [0.15, 0.2) is 0 Å². The molecule has 0 radical (unpaired) electrons. The van der Waals surface area contributed by atoms with Gasteiger partial charge < -0.3 is 10.1 Å². The van der Waals surface area contributed by atoms with Crippen LogP contribution >= 0.6 is 15.9 Å². The molecule has 0 spiro atoms. The molecule has 104 valence electrons. The van der Waals surface area contributed by atoms with Crippen LogP contribution in [0.2, 0.25) is 0 Å². The van der Waals surface area contributed by atoms with E-state index in [9.17, 15) is 0 Å². The first kappa shape index (κ1) is 13.5. The van der Waals surface area contributed by atoms with E-state index >= 15 is 0 Å². The lowest BCUT2D eigenvalue weighted by molar-refractivity contribution is 0.357. The number of halogens is 1. The van der Waals surface area contributed by atoms with Crippen LogP contribution in [-0.2, 0) is 12.8 Å². The lowest BCUT2D eigenvalue weighted by Crippen LogP contribution is -2.05. The molecular formula is C17H18BrNO. The van der Waals surface area contributed by atoms with Gasteiger partial charge in [0.2, 0.25) is 0 Å². The zero-order valence-electron chi connectivity index (χ0n) is 11.6. The normalized spacial score (nSPS) is 12.9. The highest BCUT2D eigenvalue weighted by Gasteiger charge is 2.11. The van der Waals surface area contributed by atoms with Crippen LogP contribution in [0.1, 0.15) is 16.7 Å². The Morgan fingerprint density at radius 2 is 2.15 bits per heavy atom. The third-order valence-corrected chi connectivity index (χ3v) is 4.73. The number of aryl methyl sites for hydroxylation is 1. The molecule has 3 heteroatoms. The van der Waals surface area contributed by atoms with Gasteiger partial charge in [-0.15, -0.1) is 0 Å². The maximum absolute atomic E-state index is 5.53. The van der Waals surface area contributed by atoms with Crippen LogP contribution in [0.25, 0.3) is 0 Å². The Kier molecular flexibility index (Phi) is 3.97. The summed E-state index contributed by atoms with van der Waals surface area (Å²) in [5.41, 5.74) is 5.13. The van der Waals surface area contributed by atoms with E-state index in [0.29, 0.717) is 0 Å². The summed E-state index contributed by atoms with van der Waals surface area (Å²) in [6.07, 6.45) is 2.06. The third kappa shape index (κ3) is 2.83. The van der Waals surface area contributed by atoms with Crippen LogP contribution in [0, 0.1) is 6.92 Å². The molecule has 1 N–H and O–H groups in total. The number of anilines is 1.